The number of aldehydes is 1. The number of hydrogen-bond donors (Lipinski definition) is 2. The first-order chi connectivity index (χ1) is 17.7. The van der Waals surface area contributed by atoms with Gasteiger partial charge in [-0.2, -0.15) is 0 Å². The average Bonchev–Trinajstić information content (AvgIpc) is 2.96. The molecule has 0 aliphatic carbocycles. The van der Waals surface area contributed by atoms with Crippen molar-refractivity contribution in [1.29, 1.82) is 0 Å². The van der Waals surface area contributed by atoms with Crippen molar-refractivity contribution in [3.8, 4) is 0 Å². The third-order valence-electron chi connectivity index (χ3n) is 5.56. The first-order valence-electron chi connectivity index (χ1n) is 12.4. The number of benzene rings is 2. The van der Waals surface area contributed by atoms with Gasteiger partial charge in [0.1, 0.15) is 11.9 Å². The Balaban J connectivity index is 1.65. The van der Waals surface area contributed by atoms with Gasteiger partial charge in [0.2, 0.25) is 12.1 Å². The van der Waals surface area contributed by atoms with Gasteiger partial charge < -0.3 is 25.1 Å². The van der Waals surface area contributed by atoms with Gasteiger partial charge in [-0.1, -0.05) is 55.0 Å². The van der Waals surface area contributed by atoms with E-state index >= 15 is 0 Å². The zero-order chi connectivity index (χ0) is 26.8. The van der Waals surface area contributed by atoms with Gasteiger partial charge in [0.05, 0.1) is 17.9 Å². The van der Waals surface area contributed by atoms with Crippen molar-refractivity contribution in [2.45, 2.75) is 58.2 Å². The molecule has 9 heteroatoms. The van der Waals surface area contributed by atoms with Crippen molar-refractivity contribution in [3.05, 3.63) is 65.7 Å². The van der Waals surface area contributed by atoms with E-state index in [0.717, 1.165) is 5.56 Å². The fraction of sp³-hybridized carbons (Fsp3) is 0.393. The van der Waals surface area contributed by atoms with Crippen LogP contribution in [-0.2, 0) is 19.1 Å². The van der Waals surface area contributed by atoms with Gasteiger partial charge >= 0.3 is 6.09 Å². The SMILES string of the molecule is CC(C)(C)OC(=O)NCCCCCC(=O)NC1N=C(c2ccccc2)c2ccccc2N(CC=O)C1=O. The average molecular weight is 507 g/mol. The molecular weight excluding hydrogens is 472 g/mol. The van der Waals surface area contributed by atoms with Gasteiger partial charge in [0, 0.05) is 24.1 Å². The number of nitrogens with zero attached hydrogens (tertiary/aromatic N) is 2. The predicted octanol–water partition coefficient (Wildman–Crippen LogP) is 3.60. The van der Waals surface area contributed by atoms with E-state index in [9.17, 15) is 19.2 Å². The minimum absolute atomic E-state index is 0.148. The highest BCUT2D eigenvalue weighted by atomic mass is 16.6. The number of anilines is 1. The number of amides is 3. The Morgan fingerprint density at radius 1 is 1.03 bits per heavy atom. The van der Waals surface area contributed by atoms with Crippen LogP contribution in [0.15, 0.2) is 59.6 Å². The second-order valence-corrected chi connectivity index (χ2v) is 9.69. The standard InChI is InChI=1S/C28H34N4O5/c1-28(2,3)37-27(36)29-17-11-5-8-16-23(34)30-25-26(35)32(18-19-33)22-15-10-9-14-21(22)24(31-25)20-12-6-4-7-13-20/h4,6-7,9-10,12-15,19,25H,5,8,11,16-18H2,1-3H3,(H,29,36)(H,30,34). The maximum Gasteiger partial charge on any atom is 0.407 e. The molecular formula is C28H34N4O5. The number of carbonyl (C=O) groups excluding carboxylic acids is 4. The van der Waals surface area contributed by atoms with Crippen molar-refractivity contribution >= 4 is 35.6 Å². The summed E-state index contributed by atoms with van der Waals surface area (Å²) in [5.74, 6) is -0.785. The van der Waals surface area contributed by atoms with E-state index in [-0.39, 0.29) is 18.9 Å². The molecule has 0 saturated heterocycles. The van der Waals surface area contributed by atoms with Crippen LogP contribution >= 0.6 is 0 Å². The lowest BCUT2D eigenvalue weighted by atomic mass is 10.0. The van der Waals surface area contributed by atoms with E-state index in [4.69, 9.17) is 4.74 Å². The van der Waals surface area contributed by atoms with E-state index in [1.165, 1.54) is 4.90 Å². The summed E-state index contributed by atoms with van der Waals surface area (Å²) in [5.41, 5.74) is 2.09. The summed E-state index contributed by atoms with van der Waals surface area (Å²) in [6, 6.07) is 16.7. The van der Waals surface area contributed by atoms with Gasteiger partial charge in [-0.3, -0.25) is 9.59 Å². The van der Waals surface area contributed by atoms with Crippen LogP contribution in [-0.4, -0.2) is 54.8 Å². The van der Waals surface area contributed by atoms with Crippen LogP contribution in [0.1, 0.15) is 57.6 Å². The van der Waals surface area contributed by atoms with Crippen LogP contribution in [0.25, 0.3) is 0 Å². The zero-order valence-electron chi connectivity index (χ0n) is 21.5. The topological polar surface area (TPSA) is 117 Å². The quantitative estimate of drug-likeness (QED) is 0.377. The van der Waals surface area contributed by atoms with Gasteiger partial charge in [-0.15, -0.1) is 0 Å². The molecule has 0 saturated carbocycles. The van der Waals surface area contributed by atoms with Gasteiger partial charge in [-0.25, -0.2) is 9.79 Å². The second-order valence-electron chi connectivity index (χ2n) is 9.69. The summed E-state index contributed by atoms with van der Waals surface area (Å²) in [4.78, 5) is 55.2. The lowest BCUT2D eigenvalue weighted by Crippen LogP contribution is -2.48. The summed E-state index contributed by atoms with van der Waals surface area (Å²) in [5, 5.41) is 5.44. The first kappa shape index (κ1) is 27.6. The molecule has 37 heavy (non-hydrogen) atoms. The van der Waals surface area contributed by atoms with Crippen molar-refractivity contribution in [2.75, 3.05) is 18.0 Å². The van der Waals surface area contributed by atoms with E-state index in [1.807, 2.05) is 42.5 Å². The maximum absolute atomic E-state index is 13.4. The fourth-order valence-electron chi connectivity index (χ4n) is 3.93. The number of aliphatic imine (C=N–C) groups is 1. The molecule has 1 aliphatic heterocycles. The number of fused-ring (bicyclic) bond motifs is 1. The van der Waals surface area contributed by atoms with E-state index in [0.29, 0.717) is 49.1 Å². The molecule has 3 rings (SSSR count). The molecule has 0 spiro atoms. The number of unbranched alkanes of at least 4 members (excludes halogenated alkanes) is 2. The van der Waals surface area contributed by atoms with Gasteiger partial charge in [0.25, 0.3) is 5.91 Å². The lowest BCUT2D eigenvalue weighted by Gasteiger charge is -2.23. The molecule has 3 amide bonds. The maximum atomic E-state index is 13.4. The van der Waals surface area contributed by atoms with E-state index < -0.39 is 23.8 Å². The first-order valence-corrected chi connectivity index (χ1v) is 12.4. The molecule has 1 atom stereocenters. The molecule has 9 nitrogen and oxygen atoms in total. The molecule has 196 valence electrons. The van der Waals surface area contributed by atoms with Crippen LogP contribution in [0.2, 0.25) is 0 Å². The molecule has 2 aromatic rings. The summed E-state index contributed by atoms with van der Waals surface area (Å²) >= 11 is 0. The molecule has 1 aliphatic rings. The normalized spacial score (nSPS) is 15.2. The van der Waals surface area contributed by atoms with Crippen molar-refractivity contribution in [2.24, 2.45) is 4.99 Å². The second kappa shape index (κ2) is 12.8. The number of rotatable bonds is 10. The van der Waals surface area contributed by atoms with Crippen LogP contribution in [0.4, 0.5) is 10.5 Å². The number of ether oxygens (including phenoxy) is 1. The monoisotopic (exact) mass is 506 g/mol. The molecule has 0 fully saturated rings. The van der Waals surface area contributed by atoms with Crippen LogP contribution in [0.5, 0.6) is 0 Å². The highest BCUT2D eigenvalue weighted by Crippen LogP contribution is 2.28. The largest absolute Gasteiger partial charge is 0.444 e. The molecule has 1 unspecified atom stereocenters. The van der Waals surface area contributed by atoms with Crippen LogP contribution in [0.3, 0.4) is 0 Å². The third kappa shape index (κ3) is 7.99. The van der Waals surface area contributed by atoms with Crippen LogP contribution in [0, 0.1) is 0 Å². The molecule has 0 aromatic heterocycles. The van der Waals surface area contributed by atoms with E-state index in [2.05, 4.69) is 15.6 Å². The Hall–Kier alpha value is -4.01. The number of nitrogens with one attached hydrogen (secondary N) is 2. The lowest BCUT2D eigenvalue weighted by molar-refractivity contribution is -0.127. The van der Waals surface area contributed by atoms with Gasteiger partial charge in [0.15, 0.2) is 0 Å². The minimum atomic E-state index is -1.16. The zero-order valence-corrected chi connectivity index (χ0v) is 21.5. The molecule has 2 N–H and O–H groups in total. The Labute approximate surface area is 217 Å². The fourth-order valence-corrected chi connectivity index (χ4v) is 3.93. The Bertz CT molecular complexity index is 1140. The highest BCUT2D eigenvalue weighted by Gasteiger charge is 2.32. The smallest absolute Gasteiger partial charge is 0.407 e. The van der Waals surface area contributed by atoms with Gasteiger partial charge in [-0.05, 0) is 39.7 Å². The number of alkyl carbamates (subject to hydrolysis) is 1. The summed E-state index contributed by atoms with van der Waals surface area (Å²) in [7, 11) is 0. The Kier molecular flexibility index (Phi) is 9.54. The molecule has 0 bridgehead atoms. The molecule has 2 aromatic carbocycles. The summed E-state index contributed by atoms with van der Waals surface area (Å²) < 4.78 is 5.19. The summed E-state index contributed by atoms with van der Waals surface area (Å²) in [6.07, 6.45) is 1.21. The van der Waals surface area contributed by atoms with Crippen LogP contribution < -0.4 is 15.5 Å². The molecule has 0 radical (unpaired) electrons. The van der Waals surface area contributed by atoms with E-state index in [1.54, 1.807) is 32.9 Å². The van der Waals surface area contributed by atoms with Crippen molar-refractivity contribution < 1.29 is 23.9 Å². The summed E-state index contributed by atoms with van der Waals surface area (Å²) in [6.45, 7) is 5.70. The third-order valence-corrected chi connectivity index (χ3v) is 5.56. The minimum Gasteiger partial charge on any atom is -0.444 e. The molecule has 1 heterocycles. The predicted molar refractivity (Wildman–Crippen MR) is 142 cm³/mol. The number of carbonyl (C=O) groups is 4. The van der Waals surface area contributed by atoms with Crippen molar-refractivity contribution in [1.82, 2.24) is 10.6 Å². The number of para-hydroxylation sites is 1. The number of hydrogen-bond acceptors (Lipinski definition) is 6. The Morgan fingerprint density at radius 2 is 1.73 bits per heavy atom. The number of benzodiazepines with no additional fused rings is 1. The van der Waals surface area contributed by atoms with Crippen molar-refractivity contribution in [3.63, 3.8) is 0 Å². The Morgan fingerprint density at radius 3 is 2.43 bits per heavy atom. The highest BCUT2D eigenvalue weighted by molar-refractivity contribution is 6.20.